The van der Waals surface area contributed by atoms with Gasteiger partial charge in [-0.2, -0.15) is 0 Å². The average Bonchev–Trinajstić information content (AvgIpc) is 2.63. The summed E-state index contributed by atoms with van der Waals surface area (Å²) >= 11 is 6.26. The summed E-state index contributed by atoms with van der Waals surface area (Å²) in [6.45, 7) is 10.5. The maximum absolute atomic E-state index is 12.2. The first-order valence-corrected chi connectivity index (χ1v) is 8.83. The van der Waals surface area contributed by atoms with Gasteiger partial charge in [0, 0.05) is 44.5 Å². The number of benzene rings is 2. The van der Waals surface area contributed by atoms with Gasteiger partial charge in [0.1, 0.15) is 11.5 Å². The van der Waals surface area contributed by atoms with Crippen LogP contribution in [0.4, 0.5) is 0 Å². The van der Waals surface area contributed by atoms with Gasteiger partial charge in [0.05, 0.1) is 0 Å². The Morgan fingerprint density at radius 3 is 1.89 bits per heavy atom. The van der Waals surface area contributed by atoms with E-state index in [1.54, 1.807) is 13.8 Å². The Bertz CT molecular complexity index is 1030. The Hall–Kier alpha value is -2.85. The van der Waals surface area contributed by atoms with Crippen LogP contribution in [-0.2, 0) is 22.4 Å². The maximum atomic E-state index is 12.2. The zero-order valence-corrected chi connectivity index (χ0v) is 16.0. The second kappa shape index (κ2) is 7.41. The Balaban J connectivity index is 2.29. The number of allylic oxidation sites excluding steroid dienone is 2. The summed E-state index contributed by atoms with van der Waals surface area (Å²) in [5, 5.41) is 1.99. The minimum Gasteiger partial charge on any atom is -0.422 e. The number of esters is 2. The highest BCUT2D eigenvalue weighted by molar-refractivity contribution is 6.30. The lowest BCUT2D eigenvalue weighted by atomic mass is 9.90. The molecule has 0 saturated heterocycles. The largest absolute Gasteiger partial charge is 0.422 e. The fraction of sp³-hybridized carbons (Fsp3) is 0.182. The van der Waals surface area contributed by atoms with Crippen molar-refractivity contribution in [3.63, 3.8) is 0 Å². The summed E-state index contributed by atoms with van der Waals surface area (Å²) < 4.78 is 11.3. The van der Waals surface area contributed by atoms with Gasteiger partial charge in [0.25, 0.3) is 0 Å². The quantitative estimate of drug-likeness (QED) is 0.423. The molecule has 0 N–H and O–H groups in total. The lowest BCUT2D eigenvalue weighted by molar-refractivity contribution is -0.131. The second-order valence-electron chi connectivity index (χ2n) is 6.53. The number of carbonyl (C=O) groups is 2. The van der Waals surface area contributed by atoms with E-state index in [1.807, 2.05) is 30.3 Å². The average molecular weight is 383 g/mol. The molecule has 1 aliphatic carbocycles. The molecule has 3 rings (SSSR count). The minimum absolute atomic E-state index is 0.295. The fourth-order valence-corrected chi connectivity index (χ4v) is 3.14. The summed E-state index contributed by atoms with van der Waals surface area (Å²) in [4.78, 5) is 24.4. The number of ether oxygens (including phenoxy) is 2. The standard InChI is InChI=1S/C22H19ClO4/c1-12(2)21(24)26-19-15-7-5-6-8-16(15)20(27-22(25)13(3)4)18-11-14(23)9-10-17(18)19/h5-9H,1,3,10-11H2,2,4H3. The molecule has 0 unspecified atom stereocenters. The van der Waals surface area contributed by atoms with Gasteiger partial charge >= 0.3 is 11.9 Å². The lowest BCUT2D eigenvalue weighted by Gasteiger charge is -2.23. The molecule has 0 aromatic heterocycles. The van der Waals surface area contributed by atoms with E-state index in [9.17, 15) is 9.59 Å². The van der Waals surface area contributed by atoms with Crippen molar-refractivity contribution in [2.75, 3.05) is 0 Å². The lowest BCUT2D eigenvalue weighted by Crippen LogP contribution is -2.16. The molecular weight excluding hydrogens is 364 g/mol. The van der Waals surface area contributed by atoms with Crippen molar-refractivity contribution in [3.05, 3.63) is 70.8 Å². The Morgan fingerprint density at radius 2 is 1.41 bits per heavy atom. The van der Waals surface area contributed by atoms with E-state index < -0.39 is 11.9 Å². The third-order valence-corrected chi connectivity index (χ3v) is 4.58. The molecule has 0 amide bonds. The van der Waals surface area contributed by atoms with E-state index in [0.29, 0.717) is 51.3 Å². The molecule has 0 radical (unpaired) electrons. The highest BCUT2D eigenvalue weighted by Gasteiger charge is 2.26. The molecule has 0 atom stereocenters. The predicted octanol–water partition coefficient (Wildman–Crippen LogP) is 5.02. The normalized spacial score (nSPS) is 12.8. The van der Waals surface area contributed by atoms with Gasteiger partial charge < -0.3 is 9.47 Å². The monoisotopic (exact) mass is 382 g/mol. The van der Waals surface area contributed by atoms with E-state index in [1.165, 1.54) is 0 Å². The summed E-state index contributed by atoms with van der Waals surface area (Å²) in [6, 6.07) is 7.32. The Kier molecular flexibility index (Phi) is 5.19. The third-order valence-electron chi connectivity index (χ3n) is 4.29. The summed E-state index contributed by atoms with van der Waals surface area (Å²) in [6.07, 6.45) is 2.72. The number of halogens is 1. The zero-order chi connectivity index (χ0) is 19.7. The van der Waals surface area contributed by atoms with Crippen LogP contribution in [0, 0.1) is 0 Å². The topological polar surface area (TPSA) is 52.6 Å². The van der Waals surface area contributed by atoms with Crippen LogP contribution >= 0.6 is 11.6 Å². The SMILES string of the molecule is C=C(C)C(=O)Oc1c2c(c(OC(=O)C(=C)C)c3ccccc13)CC(Cl)=CC2. The molecule has 0 bridgehead atoms. The van der Waals surface area contributed by atoms with Crippen LogP contribution in [0.15, 0.2) is 59.7 Å². The van der Waals surface area contributed by atoms with Crippen LogP contribution in [0.25, 0.3) is 10.8 Å². The first-order chi connectivity index (χ1) is 12.8. The Labute approximate surface area is 162 Å². The van der Waals surface area contributed by atoms with E-state index in [2.05, 4.69) is 13.2 Å². The number of fused-ring (bicyclic) bond motifs is 2. The number of hydrogen-bond donors (Lipinski definition) is 0. The number of hydrogen-bond acceptors (Lipinski definition) is 4. The van der Waals surface area contributed by atoms with Crippen molar-refractivity contribution in [2.45, 2.75) is 26.7 Å². The van der Waals surface area contributed by atoms with Crippen LogP contribution in [0.2, 0.25) is 0 Å². The molecule has 2 aromatic rings. The zero-order valence-electron chi connectivity index (χ0n) is 15.2. The van der Waals surface area contributed by atoms with Crippen LogP contribution in [0.3, 0.4) is 0 Å². The molecule has 0 heterocycles. The van der Waals surface area contributed by atoms with Gasteiger partial charge in [-0.05, 0) is 20.3 Å². The van der Waals surface area contributed by atoms with E-state index >= 15 is 0 Å². The molecule has 0 aliphatic heterocycles. The molecule has 27 heavy (non-hydrogen) atoms. The van der Waals surface area contributed by atoms with Gasteiger partial charge in [0.15, 0.2) is 0 Å². The van der Waals surface area contributed by atoms with Crippen molar-refractivity contribution < 1.29 is 19.1 Å². The Morgan fingerprint density at radius 1 is 0.926 bits per heavy atom. The summed E-state index contributed by atoms with van der Waals surface area (Å²) in [7, 11) is 0. The first kappa shape index (κ1) is 18.9. The molecule has 2 aromatic carbocycles. The van der Waals surface area contributed by atoms with Crippen LogP contribution in [0.5, 0.6) is 11.5 Å². The molecule has 1 aliphatic rings. The van der Waals surface area contributed by atoms with E-state index in [0.717, 1.165) is 11.1 Å². The minimum atomic E-state index is -0.514. The second-order valence-corrected chi connectivity index (χ2v) is 7.02. The smallest absolute Gasteiger partial charge is 0.338 e. The molecule has 0 fully saturated rings. The molecule has 5 heteroatoms. The van der Waals surface area contributed by atoms with Gasteiger partial charge in [-0.15, -0.1) is 0 Å². The predicted molar refractivity (Wildman–Crippen MR) is 106 cm³/mol. The van der Waals surface area contributed by atoms with E-state index in [-0.39, 0.29) is 0 Å². The van der Waals surface area contributed by atoms with Crippen molar-refractivity contribution in [2.24, 2.45) is 0 Å². The van der Waals surface area contributed by atoms with Crippen LogP contribution < -0.4 is 9.47 Å². The van der Waals surface area contributed by atoms with Crippen LogP contribution in [-0.4, -0.2) is 11.9 Å². The van der Waals surface area contributed by atoms with Crippen molar-refractivity contribution in [1.29, 1.82) is 0 Å². The molecule has 0 saturated carbocycles. The van der Waals surface area contributed by atoms with Crippen LogP contribution in [0.1, 0.15) is 25.0 Å². The van der Waals surface area contributed by atoms with Crippen molar-refractivity contribution in [1.82, 2.24) is 0 Å². The van der Waals surface area contributed by atoms with Crippen molar-refractivity contribution in [3.8, 4) is 11.5 Å². The highest BCUT2D eigenvalue weighted by atomic mass is 35.5. The van der Waals surface area contributed by atoms with Gasteiger partial charge in [0.2, 0.25) is 0 Å². The van der Waals surface area contributed by atoms with E-state index in [4.69, 9.17) is 21.1 Å². The van der Waals surface area contributed by atoms with Gasteiger partial charge in [-0.25, -0.2) is 9.59 Å². The van der Waals surface area contributed by atoms with Gasteiger partial charge in [-0.1, -0.05) is 55.1 Å². The fourth-order valence-electron chi connectivity index (χ4n) is 2.93. The molecule has 4 nitrogen and oxygen atoms in total. The highest BCUT2D eigenvalue weighted by Crippen LogP contribution is 2.44. The summed E-state index contributed by atoms with van der Waals surface area (Å²) in [5.74, 6) is -0.145. The maximum Gasteiger partial charge on any atom is 0.338 e. The number of rotatable bonds is 4. The summed E-state index contributed by atoms with van der Waals surface area (Å²) in [5.41, 5.74) is 2.11. The first-order valence-electron chi connectivity index (χ1n) is 8.46. The third kappa shape index (κ3) is 3.67. The molecular formula is C22H19ClO4. The van der Waals surface area contributed by atoms with Gasteiger partial charge in [-0.3, -0.25) is 0 Å². The number of carbonyl (C=O) groups excluding carboxylic acids is 2. The van der Waals surface area contributed by atoms with Crippen molar-refractivity contribution >= 4 is 34.3 Å². The molecule has 0 spiro atoms. The molecule has 138 valence electrons.